The number of hydrazine groups is 1. The van der Waals surface area contributed by atoms with Gasteiger partial charge in [0.1, 0.15) is 0 Å². The number of nitrogens with two attached hydrogens (primary N) is 2. The zero-order chi connectivity index (χ0) is 14.3. The summed E-state index contributed by atoms with van der Waals surface area (Å²) >= 11 is 0. The van der Waals surface area contributed by atoms with E-state index in [-0.39, 0.29) is 6.17 Å². The van der Waals surface area contributed by atoms with E-state index in [1.165, 1.54) is 10.6 Å². The lowest BCUT2D eigenvalue weighted by Gasteiger charge is -2.19. The molecular weight excluding hydrogens is 236 g/mol. The van der Waals surface area contributed by atoms with Gasteiger partial charge in [-0.1, -0.05) is 36.4 Å². The highest BCUT2D eigenvalue weighted by molar-refractivity contribution is 5.27. The lowest BCUT2D eigenvalue weighted by molar-refractivity contribution is 0.258. The van der Waals surface area contributed by atoms with E-state index in [0.29, 0.717) is 0 Å². The summed E-state index contributed by atoms with van der Waals surface area (Å²) in [6, 6.07) is 8.19. The average molecular weight is 260 g/mol. The van der Waals surface area contributed by atoms with Crippen LogP contribution < -0.4 is 11.6 Å². The summed E-state index contributed by atoms with van der Waals surface area (Å²) in [5.74, 6) is 5.67. The molecule has 0 aliphatic heterocycles. The zero-order valence-electron chi connectivity index (χ0n) is 12.0. The van der Waals surface area contributed by atoms with Crippen molar-refractivity contribution in [3.05, 3.63) is 59.9 Å². The average Bonchev–Trinajstić information content (AvgIpc) is 2.38. The normalized spacial score (nSPS) is 13.6. The highest BCUT2D eigenvalue weighted by atomic mass is 15.4. The van der Waals surface area contributed by atoms with Crippen LogP contribution in [0.1, 0.15) is 24.2 Å². The van der Waals surface area contributed by atoms with Gasteiger partial charge in [0.15, 0.2) is 0 Å². The summed E-state index contributed by atoms with van der Waals surface area (Å²) in [6.07, 6.45) is 8.78. The van der Waals surface area contributed by atoms with E-state index in [1.807, 2.05) is 49.5 Å². The molecular formula is C15H24N4. The molecule has 0 amide bonds. The summed E-state index contributed by atoms with van der Waals surface area (Å²) in [6.45, 7) is 2.00. The molecule has 4 N–H and O–H groups in total. The SMILES string of the molecule is C/C=C/N(C)/C=C/Cc1cccc(C(N)N(C)N)c1. The van der Waals surface area contributed by atoms with Gasteiger partial charge in [0.25, 0.3) is 0 Å². The molecule has 0 radical (unpaired) electrons. The quantitative estimate of drug-likeness (QED) is 0.466. The van der Waals surface area contributed by atoms with Crippen LogP contribution in [-0.2, 0) is 6.42 Å². The highest BCUT2D eigenvalue weighted by Crippen LogP contribution is 2.14. The van der Waals surface area contributed by atoms with E-state index in [1.54, 1.807) is 7.05 Å². The molecule has 1 atom stereocenters. The Bertz CT molecular complexity index is 438. The van der Waals surface area contributed by atoms with E-state index >= 15 is 0 Å². The molecule has 0 heterocycles. The van der Waals surface area contributed by atoms with Crippen molar-refractivity contribution in [1.29, 1.82) is 0 Å². The van der Waals surface area contributed by atoms with Crippen LogP contribution in [0.15, 0.2) is 48.8 Å². The first-order valence-corrected chi connectivity index (χ1v) is 6.38. The van der Waals surface area contributed by atoms with Gasteiger partial charge in [-0.3, -0.25) is 5.84 Å². The number of hydrogen-bond acceptors (Lipinski definition) is 4. The number of nitrogens with zero attached hydrogens (tertiary/aromatic N) is 2. The molecule has 104 valence electrons. The standard InChI is InChI=1S/C15H24N4/c1-4-10-18(2)11-6-8-13-7-5-9-14(12-13)15(16)19(3)17/h4-7,9-12,15H,8,16-17H2,1-3H3/b10-4+,11-6+. The Morgan fingerprint density at radius 1 is 1.26 bits per heavy atom. The Morgan fingerprint density at radius 2 is 2.00 bits per heavy atom. The molecule has 0 saturated heterocycles. The van der Waals surface area contributed by atoms with Crippen molar-refractivity contribution in [2.45, 2.75) is 19.5 Å². The van der Waals surface area contributed by atoms with Gasteiger partial charge in [0, 0.05) is 14.1 Å². The second kappa shape index (κ2) is 7.74. The van der Waals surface area contributed by atoms with E-state index in [4.69, 9.17) is 11.6 Å². The molecule has 4 nitrogen and oxygen atoms in total. The second-order valence-electron chi connectivity index (χ2n) is 4.59. The van der Waals surface area contributed by atoms with Gasteiger partial charge in [0.2, 0.25) is 0 Å². The van der Waals surface area contributed by atoms with Crippen LogP contribution in [0.5, 0.6) is 0 Å². The fraction of sp³-hybridized carbons (Fsp3) is 0.333. The largest absolute Gasteiger partial charge is 0.358 e. The van der Waals surface area contributed by atoms with E-state index < -0.39 is 0 Å². The smallest absolute Gasteiger partial charge is 0.0961 e. The Hall–Kier alpha value is -1.62. The molecule has 0 bridgehead atoms. The summed E-state index contributed by atoms with van der Waals surface area (Å²) in [5, 5.41) is 1.51. The van der Waals surface area contributed by atoms with Crippen molar-refractivity contribution >= 4 is 0 Å². The van der Waals surface area contributed by atoms with Gasteiger partial charge in [0.05, 0.1) is 6.17 Å². The zero-order valence-corrected chi connectivity index (χ0v) is 12.0. The topological polar surface area (TPSA) is 58.5 Å². The predicted octanol–water partition coefficient (Wildman–Crippen LogP) is 1.97. The molecule has 1 aromatic carbocycles. The van der Waals surface area contributed by atoms with Crippen LogP contribution in [0.4, 0.5) is 0 Å². The monoisotopic (exact) mass is 260 g/mol. The Balaban J connectivity index is 2.67. The van der Waals surface area contributed by atoms with E-state index in [9.17, 15) is 0 Å². The van der Waals surface area contributed by atoms with Crippen LogP contribution >= 0.6 is 0 Å². The number of rotatable bonds is 6. The molecule has 1 rings (SSSR count). The molecule has 0 aromatic heterocycles. The molecule has 0 saturated carbocycles. The van der Waals surface area contributed by atoms with Crippen LogP contribution in [0, 0.1) is 0 Å². The lowest BCUT2D eigenvalue weighted by Crippen LogP contribution is -2.36. The molecule has 19 heavy (non-hydrogen) atoms. The van der Waals surface area contributed by atoms with Crippen molar-refractivity contribution in [2.75, 3.05) is 14.1 Å². The summed E-state index contributed by atoms with van der Waals surface area (Å²) in [4.78, 5) is 2.02. The van der Waals surface area contributed by atoms with E-state index in [0.717, 1.165) is 12.0 Å². The van der Waals surface area contributed by atoms with Crippen molar-refractivity contribution in [3.8, 4) is 0 Å². The number of hydrogen-bond donors (Lipinski definition) is 2. The van der Waals surface area contributed by atoms with Crippen LogP contribution in [0.2, 0.25) is 0 Å². The summed E-state index contributed by atoms with van der Waals surface area (Å²) < 4.78 is 0. The van der Waals surface area contributed by atoms with Crippen LogP contribution in [-0.4, -0.2) is 24.0 Å². The third kappa shape index (κ3) is 5.26. The molecule has 1 aromatic rings. The number of benzene rings is 1. The van der Waals surface area contributed by atoms with Crippen molar-refractivity contribution in [1.82, 2.24) is 9.91 Å². The minimum absolute atomic E-state index is 0.269. The molecule has 0 aliphatic rings. The lowest BCUT2D eigenvalue weighted by atomic mass is 10.1. The summed E-state index contributed by atoms with van der Waals surface area (Å²) in [5.41, 5.74) is 8.24. The Kier molecular flexibility index (Phi) is 6.29. The third-order valence-corrected chi connectivity index (χ3v) is 2.81. The minimum Gasteiger partial charge on any atom is -0.358 e. The molecule has 1 unspecified atom stereocenters. The van der Waals surface area contributed by atoms with Gasteiger partial charge in [-0.2, -0.15) is 0 Å². The molecule has 4 heteroatoms. The van der Waals surface area contributed by atoms with Gasteiger partial charge in [-0.05, 0) is 36.9 Å². The second-order valence-corrected chi connectivity index (χ2v) is 4.59. The third-order valence-electron chi connectivity index (χ3n) is 2.81. The van der Waals surface area contributed by atoms with Crippen LogP contribution in [0.25, 0.3) is 0 Å². The molecule has 0 fully saturated rings. The van der Waals surface area contributed by atoms with Gasteiger partial charge < -0.3 is 10.6 Å². The first-order chi connectivity index (χ1) is 9.04. The van der Waals surface area contributed by atoms with Gasteiger partial charge >= 0.3 is 0 Å². The maximum absolute atomic E-state index is 5.99. The molecule has 0 aliphatic carbocycles. The Labute approximate surface area is 116 Å². The maximum Gasteiger partial charge on any atom is 0.0961 e. The first kappa shape index (κ1) is 15.4. The summed E-state index contributed by atoms with van der Waals surface area (Å²) in [7, 11) is 3.77. The van der Waals surface area contributed by atoms with Crippen molar-refractivity contribution in [2.24, 2.45) is 11.6 Å². The minimum atomic E-state index is -0.269. The molecule has 0 spiro atoms. The van der Waals surface area contributed by atoms with Crippen molar-refractivity contribution in [3.63, 3.8) is 0 Å². The van der Waals surface area contributed by atoms with Crippen LogP contribution in [0.3, 0.4) is 0 Å². The maximum atomic E-state index is 5.99. The Morgan fingerprint density at radius 3 is 2.63 bits per heavy atom. The van der Waals surface area contributed by atoms with E-state index in [2.05, 4.69) is 18.2 Å². The van der Waals surface area contributed by atoms with Crippen molar-refractivity contribution < 1.29 is 0 Å². The highest BCUT2D eigenvalue weighted by Gasteiger charge is 2.08. The van der Waals surface area contributed by atoms with Gasteiger partial charge in [-0.25, -0.2) is 5.01 Å². The van der Waals surface area contributed by atoms with Gasteiger partial charge in [-0.15, -0.1) is 0 Å². The fourth-order valence-corrected chi connectivity index (χ4v) is 1.78. The fourth-order valence-electron chi connectivity index (χ4n) is 1.78. The predicted molar refractivity (Wildman–Crippen MR) is 80.7 cm³/mol. The number of allylic oxidation sites excluding steroid dienone is 2. The first-order valence-electron chi connectivity index (χ1n) is 6.38.